The smallest absolute Gasteiger partial charge is 0.272 e. The Hall–Kier alpha value is -3.73. The first kappa shape index (κ1) is 17.4. The van der Waals surface area contributed by atoms with E-state index in [1.54, 1.807) is 6.07 Å². The molecule has 1 N–H and O–H groups in total. The van der Waals surface area contributed by atoms with Gasteiger partial charge < -0.3 is 4.90 Å². The molecule has 0 unspecified atom stereocenters. The molecular formula is C24H18N3O2. The zero-order chi connectivity index (χ0) is 19.8. The molecule has 0 atom stereocenters. The largest absolute Gasteiger partial charge is 0.312 e. The van der Waals surface area contributed by atoms with E-state index < -0.39 is 0 Å². The van der Waals surface area contributed by atoms with Crippen LogP contribution in [-0.2, 0) is 17.6 Å². The van der Waals surface area contributed by atoms with Gasteiger partial charge in [-0.3, -0.25) is 9.59 Å². The van der Waals surface area contributed by atoms with E-state index in [1.807, 2.05) is 65.6 Å². The van der Waals surface area contributed by atoms with Crippen molar-refractivity contribution >= 4 is 22.4 Å². The Labute approximate surface area is 167 Å². The lowest BCUT2D eigenvalue weighted by Crippen LogP contribution is -2.30. The number of nitrogens with zero attached hydrogens (tertiary/aromatic N) is 2. The van der Waals surface area contributed by atoms with Crippen molar-refractivity contribution in [1.29, 1.82) is 0 Å². The first-order valence-corrected chi connectivity index (χ1v) is 9.57. The van der Waals surface area contributed by atoms with Crippen LogP contribution in [0.15, 0.2) is 71.5 Å². The van der Waals surface area contributed by atoms with Crippen molar-refractivity contribution in [3.8, 4) is 11.3 Å². The van der Waals surface area contributed by atoms with Crippen molar-refractivity contribution in [3.63, 3.8) is 0 Å². The maximum atomic E-state index is 12.8. The Bertz CT molecular complexity index is 1280. The molecule has 1 aromatic heterocycles. The van der Waals surface area contributed by atoms with Gasteiger partial charge in [0.15, 0.2) is 0 Å². The van der Waals surface area contributed by atoms with E-state index in [9.17, 15) is 9.59 Å². The van der Waals surface area contributed by atoms with Crippen LogP contribution in [0.3, 0.4) is 0 Å². The van der Waals surface area contributed by atoms with Gasteiger partial charge in [0, 0.05) is 23.2 Å². The standard InChI is InChI=1S/C24H18N3O2/c28-22(27-14-13-17-5-1-4-8-21(17)27)15-16-9-11-18(12-10-16)23-19-6-2-3-7-20(19)24(29)26-25-23/h1-3,5-12H,13-15H2,(H,26,29). The lowest BCUT2D eigenvalue weighted by Gasteiger charge is -2.17. The van der Waals surface area contributed by atoms with Gasteiger partial charge in [-0.05, 0) is 35.7 Å². The predicted molar refractivity (Wildman–Crippen MR) is 113 cm³/mol. The predicted octanol–water partition coefficient (Wildman–Crippen LogP) is 3.52. The molecule has 141 valence electrons. The number of nitrogens with one attached hydrogen (secondary N) is 1. The fourth-order valence-electron chi connectivity index (χ4n) is 3.91. The second-order valence-corrected chi connectivity index (χ2v) is 7.17. The van der Waals surface area contributed by atoms with Crippen LogP contribution < -0.4 is 10.5 Å². The third-order valence-corrected chi connectivity index (χ3v) is 5.41. The molecule has 2 heterocycles. The van der Waals surface area contributed by atoms with E-state index in [0.717, 1.165) is 40.9 Å². The number of benzene rings is 3. The quantitative estimate of drug-likeness (QED) is 0.591. The topological polar surface area (TPSA) is 66.1 Å². The summed E-state index contributed by atoms with van der Waals surface area (Å²) in [5.74, 6) is 0.0868. The Morgan fingerprint density at radius 1 is 1.07 bits per heavy atom. The van der Waals surface area contributed by atoms with E-state index in [4.69, 9.17) is 0 Å². The molecule has 1 aliphatic heterocycles. The molecule has 0 aliphatic carbocycles. The van der Waals surface area contributed by atoms with Gasteiger partial charge in [-0.25, -0.2) is 5.10 Å². The maximum absolute atomic E-state index is 12.8. The van der Waals surface area contributed by atoms with Gasteiger partial charge in [-0.1, -0.05) is 54.6 Å². The van der Waals surface area contributed by atoms with Crippen LogP contribution in [0.1, 0.15) is 11.1 Å². The van der Waals surface area contributed by atoms with Crippen LogP contribution in [0.5, 0.6) is 0 Å². The maximum Gasteiger partial charge on any atom is 0.272 e. The minimum Gasteiger partial charge on any atom is -0.312 e. The molecular weight excluding hydrogens is 362 g/mol. The number of aromatic amines is 1. The summed E-state index contributed by atoms with van der Waals surface area (Å²) in [6, 6.07) is 24.1. The summed E-state index contributed by atoms with van der Waals surface area (Å²) in [6.45, 7) is 0.720. The minimum atomic E-state index is -0.199. The molecule has 3 aromatic carbocycles. The molecule has 0 saturated carbocycles. The number of H-pyrrole nitrogens is 1. The highest BCUT2D eigenvalue weighted by Gasteiger charge is 2.24. The molecule has 0 bridgehead atoms. The molecule has 0 fully saturated rings. The van der Waals surface area contributed by atoms with E-state index in [-0.39, 0.29) is 11.5 Å². The number of rotatable bonds is 3. The second kappa shape index (κ2) is 7.02. The van der Waals surface area contributed by atoms with E-state index in [0.29, 0.717) is 11.8 Å². The number of carbonyl (C=O) groups excluding carboxylic acids is 1. The zero-order valence-corrected chi connectivity index (χ0v) is 15.7. The van der Waals surface area contributed by atoms with Crippen molar-refractivity contribution in [2.24, 2.45) is 0 Å². The van der Waals surface area contributed by atoms with E-state index in [2.05, 4.69) is 16.3 Å². The van der Waals surface area contributed by atoms with E-state index >= 15 is 0 Å². The monoisotopic (exact) mass is 380 g/mol. The lowest BCUT2D eigenvalue weighted by molar-refractivity contribution is -0.117. The van der Waals surface area contributed by atoms with Crippen LogP contribution >= 0.6 is 0 Å². The van der Waals surface area contributed by atoms with Crippen LogP contribution in [0.4, 0.5) is 5.69 Å². The third-order valence-electron chi connectivity index (χ3n) is 5.41. The SMILES string of the molecule is O=C(Cc1ccc(-c2n[nH]c(=O)c3ccccc23)cc1)N1CCc2cc[c]cc21. The van der Waals surface area contributed by atoms with Gasteiger partial charge in [0.2, 0.25) is 5.91 Å². The number of aromatic nitrogens is 2. The molecule has 5 rings (SSSR count). The molecule has 4 aromatic rings. The third kappa shape index (κ3) is 3.10. The molecule has 5 nitrogen and oxygen atoms in total. The first-order valence-electron chi connectivity index (χ1n) is 9.57. The number of hydrogen-bond acceptors (Lipinski definition) is 3. The highest BCUT2D eigenvalue weighted by molar-refractivity contribution is 5.97. The van der Waals surface area contributed by atoms with Crippen molar-refractivity contribution in [2.45, 2.75) is 12.8 Å². The average molecular weight is 380 g/mol. The number of carbonyl (C=O) groups is 1. The summed E-state index contributed by atoms with van der Waals surface area (Å²) >= 11 is 0. The van der Waals surface area contributed by atoms with E-state index in [1.165, 1.54) is 5.56 Å². The summed E-state index contributed by atoms with van der Waals surface area (Å²) in [7, 11) is 0. The van der Waals surface area contributed by atoms with Crippen molar-refractivity contribution in [2.75, 3.05) is 11.4 Å². The highest BCUT2D eigenvalue weighted by atomic mass is 16.2. The second-order valence-electron chi connectivity index (χ2n) is 7.17. The normalized spacial score (nSPS) is 12.9. The summed E-state index contributed by atoms with van der Waals surface area (Å²) < 4.78 is 0. The zero-order valence-electron chi connectivity index (χ0n) is 15.7. The van der Waals surface area contributed by atoms with Crippen LogP contribution in [-0.4, -0.2) is 22.6 Å². The summed E-state index contributed by atoms with van der Waals surface area (Å²) in [4.78, 5) is 26.6. The molecule has 1 radical (unpaired) electrons. The Morgan fingerprint density at radius 2 is 1.86 bits per heavy atom. The lowest BCUT2D eigenvalue weighted by atomic mass is 10.0. The Kier molecular flexibility index (Phi) is 4.21. The van der Waals surface area contributed by atoms with Gasteiger partial charge in [0.1, 0.15) is 0 Å². The summed E-state index contributed by atoms with van der Waals surface area (Å²) in [5.41, 5.74) is 4.54. The molecule has 29 heavy (non-hydrogen) atoms. The number of anilines is 1. The van der Waals surface area contributed by atoms with Gasteiger partial charge in [0.05, 0.1) is 17.5 Å². The Balaban J connectivity index is 1.40. The Morgan fingerprint density at radius 3 is 2.69 bits per heavy atom. The highest BCUT2D eigenvalue weighted by Crippen LogP contribution is 2.28. The van der Waals surface area contributed by atoms with Crippen molar-refractivity contribution in [1.82, 2.24) is 10.2 Å². The first-order chi connectivity index (χ1) is 14.2. The van der Waals surface area contributed by atoms with Gasteiger partial charge in [0.25, 0.3) is 5.56 Å². The van der Waals surface area contributed by atoms with Crippen LogP contribution in [0.25, 0.3) is 22.0 Å². The van der Waals surface area contributed by atoms with Gasteiger partial charge in [-0.2, -0.15) is 5.10 Å². The van der Waals surface area contributed by atoms with Gasteiger partial charge in [-0.15, -0.1) is 0 Å². The molecule has 0 spiro atoms. The van der Waals surface area contributed by atoms with Gasteiger partial charge >= 0.3 is 0 Å². The van der Waals surface area contributed by atoms with Crippen molar-refractivity contribution in [3.05, 3.63) is 94.3 Å². The molecule has 1 amide bonds. The fraction of sp³-hybridized carbons (Fsp3) is 0.125. The molecule has 1 aliphatic rings. The molecule has 5 heteroatoms. The molecule has 0 saturated heterocycles. The fourth-order valence-corrected chi connectivity index (χ4v) is 3.91. The van der Waals surface area contributed by atoms with Crippen LogP contribution in [0, 0.1) is 6.07 Å². The number of amides is 1. The van der Waals surface area contributed by atoms with Crippen molar-refractivity contribution < 1.29 is 4.79 Å². The van der Waals surface area contributed by atoms with Crippen LogP contribution in [0.2, 0.25) is 0 Å². The minimum absolute atomic E-state index is 0.0868. The number of fused-ring (bicyclic) bond motifs is 2. The average Bonchev–Trinajstić information content (AvgIpc) is 3.19. The summed E-state index contributed by atoms with van der Waals surface area (Å²) in [6.07, 6.45) is 1.23. The summed E-state index contributed by atoms with van der Waals surface area (Å²) in [5, 5.41) is 8.23. The number of hydrogen-bond donors (Lipinski definition) is 1.